The maximum atomic E-state index is 11.9. The average molecular weight is 247 g/mol. The van der Waals surface area contributed by atoms with Crippen LogP contribution in [0, 0.1) is 0 Å². The molecule has 3 rings (SSSR count). The Labute approximate surface area is 111 Å². The van der Waals surface area contributed by atoms with Crippen molar-refractivity contribution in [1.29, 1.82) is 0 Å². The number of carbonyl (C=O) groups excluding carboxylic acids is 1. The van der Waals surface area contributed by atoms with Gasteiger partial charge in [-0.1, -0.05) is 42.5 Å². The highest BCUT2D eigenvalue weighted by molar-refractivity contribution is 5.97. The lowest BCUT2D eigenvalue weighted by molar-refractivity contribution is 0.0970. The van der Waals surface area contributed by atoms with E-state index >= 15 is 0 Å². The summed E-state index contributed by atoms with van der Waals surface area (Å²) in [7, 11) is 0. The molecule has 0 aliphatic heterocycles. The molecule has 0 bridgehead atoms. The van der Waals surface area contributed by atoms with Gasteiger partial charge in [-0.3, -0.25) is 9.36 Å². The first kappa shape index (κ1) is 11.5. The fourth-order valence-electron chi connectivity index (χ4n) is 2.12. The first-order valence-electron chi connectivity index (χ1n) is 6.18. The summed E-state index contributed by atoms with van der Waals surface area (Å²) in [6.07, 6.45) is 6.96. The lowest BCUT2D eigenvalue weighted by Gasteiger charge is -2.01. The molecule has 1 heterocycles. The summed E-state index contributed by atoms with van der Waals surface area (Å²) in [6, 6.07) is 17.9. The summed E-state index contributed by atoms with van der Waals surface area (Å²) in [5, 5.41) is 2.33. The van der Waals surface area contributed by atoms with Crippen molar-refractivity contribution in [2.45, 2.75) is 0 Å². The molecule has 0 unspecified atom stereocenters. The first-order chi connectivity index (χ1) is 9.34. The van der Waals surface area contributed by atoms with Crippen molar-refractivity contribution < 1.29 is 4.79 Å². The number of allylic oxidation sites excluding steroid dienone is 1. The molecule has 19 heavy (non-hydrogen) atoms. The van der Waals surface area contributed by atoms with Crippen LogP contribution in [0.3, 0.4) is 0 Å². The molecule has 2 nitrogen and oxygen atoms in total. The first-order valence-corrected chi connectivity index (χ1v) is 6.18. The molecule has 0 amide bonds. The minimum absolute atomic E-state index is 0.0436. The van der Waals surface area contributed by atoms with E-state index in [-0.39, 0.29) is 5.91 Å². The third kappa shape index (κ3) is 2.33. The van der Waals surface area contributed by atoms with Gasteiger partial charge in [-0.15, -0.1) is 0 Å². The van der Waals surface area contributed by atoms with Gasteiger partial charge < -0.3 is 0 Å². The smallest absolute Gasteiger partial charge is 0.254 e. The monoisotopic (exact) mass is 247 g/mol. The van der Waals surface area contributed by atoms with E-state index in [4.69, 9.17) is 0 Å². The molecule has 3 aromatic rings. The van der Waals surface area contributed by atoms with Gasteiger partial charge in [0.1, 0.15) is 0 Å². The average Bonchev–Trinajstić information content (AvgIpc) is 2.99. The molecule has 2 heteroatoms. The van der Waals surface area contributed by atoms with Gasteiger partial charge in [0.2, 0.25) is 0 Å². The number of rotatable bonds is 2. The number of hydrogen-bond donors (Lipinski definition) is 0. The highest BCUT2D eigenvalue weighted by atomic mass is 16.1. The summed E-state index contributed by atoms with van der Waals surface area (Å²) in [5.74, 6) is -0.0436. The van der Waals surface area contributed by atoms with E-state index in [2.05, 4.69) is 18.2 Å². The Morgan fingerprint density at radius 3 is 2.47 bits per heavy atom. The molecular weight excluding hydrogens is 234 g/mol. The van der Waals surface area contributed by atoms with Gasteiger partial charge in [-0.05, 0) is 34.5 Å². The summed E-state index contributed by atoms with van der Waals surface area (Å²) in [6.45, 7) is 0. The van der Waals surface area contributed by atoms with E-state index in [1.54, 1.807) is 23.0 Å². The van der Waals surface area contributed by atoms with Crippen molar-refractivity contribution in [1.82, 2.24) is 4.57 Å². The fraction of sp³-hybridized carbons (Fsp3) is 0. The Kier molecular flexibility index (Phi) is 2.99. The minimum atomic E-state index is -0.0436. The summed E-state index contributed by atoms with van der Waals surface area (Å²) < 4.78 is 1.56. The molecule has 0 N–H and O–H groups in total. The number of nitrogens with zero attached hydrogens (tertiary/aromatic N) is 1. The van der Waals surface area contributed by atoms with Crippen molar-refractivity contribution in [3.63, 3.8) is 0 Å². The Morgan fingerprint density at radius 1 is 0.895 bits per heavy atom. The number of aromatic nitrogens is 1. The van der Waals surface area contributed by atoms with Crippen molar-refractivity contribution in [3.8, 4) is 0 Å². The van der Waals surface area contributed by atoms with Gasteiger partial charge in [-0.25, -0.2) is 0 Å². The van der Waals surface area contributed by atoms with Crippen LogP contribution in [-0.2, 0) is 0 Å². The van der Waals surface area contributed by atoms with Crippen LogP contribution in [-0.4, -0.2) is 10.5 Å². The fourth-order valence-corrected chi connectivity index (χ4v) is 2.12. The molecule has 0 spiro atoms. The van der Waals surface area contributed by atoms with E-state index < -0.39 is 0 Å². The van der Waals surface area contributed by atoms with Gasteiger partial charge in [0, 0.05) is 18.5 Å². The highest BCUT2D eigenvalue weighted by Gasteiger charge is 1.99. The third-order valence-electron chi connectivity index (χ3n) is 3.09. The molecular formula is C17H13NO. The lowest BCUT2D eigenvalue weighted by Crippen LogP contribution is -2.03. The maximum Gasteiger partial charge on any atom is 0.254 e. The predicted molar refractivity (Wildman–Crippen MR) is 78.0 cm³/mol. The molecule has 0 aliphatic carbocycles. The van der Waals surface area contributed by atoms with Crippen LogP contribution in [0.5, 0.6) is 0 Å². The zero-order chi connectivity index (χ0) is 13.1. The molecule has 0 saturated heterocycles. The summed E-state index contributed by atoms with van der Waals surface area (Å²) in [5.41, 5.74) is 1.05. The van der Waals surface area contributed by atoms with Gasteiger partial charge in [0.05, 0.1) is 0 Å². The van der Waals surface area contributed by atoms with E-state index in [0.29, 0.717) is 0 Å². The molecule has 0 saturated carbocycles. The second-order valence-corrected chi connectivity index (χ2v) is 4.33. The SMILES string of the molecule is O=C(/C=C/c1cccc2ccccc12)n1cccc1. The van der Waals surface area contributed by atoms with E-state index in [0.717, 1.165) is 10.9 Å². The van der Waals surface area contributed by atoms with Crippen LogP contribution in [0.25, 0.3) is 16.8 Å². The molecule has 1 aromatic heterocycles. The second kappa shape index (κ2) is 4.94. The largest absolute Gasteiger partial charge is 0.291 e. The van der Waals surface area contributed by atoms with Crippen molar-refractivity contribution in [3.05, 3.63) is 78.6 Å². The summed E-state index contributed by atoms with van der Waals surface area (Å²) in [4.78, 5) is 11.9. The lowest BCUT2D eigenvalue weighted by atomic mass is 10.0. The van der Waals surface area contributed by atoms with Crippen LogP contribution in [0.4, 0.5) is 0 Å². The standard InChI is InChI=1S/C17H13NO/c19-17(18-12-3-4-13-18)11-10-15-8-5-7-14-6-1-2-9-16(14)15/h1-13H/b11-10+. The number of fused-ring (bicyclic) bond motifs is 1. The highest BCUT2D eigenvalue weighted by Crippen LogP contribution is 2.19. The maximum absolute atomic E-state index is 11.9. The Morgan fingerprint density at radius 2 is 1.63 bits per heavy atom. The van der Waals surface area contributed by atoms with Gasteiger partial charge in [-0.2, -0.15) is 0 Å². The Hall–Kier alpha value is -2.61. The second-order valence-electron chi connectivity index (χ2n) is 4.33. The molecule has 0 atom stereocenters. The predicted octanol–water partition coefficient (Wildman–Crippen LogP) is 3.99. The van der Waals surface area contributed by atoms with Crippen LogP contribution in [0.1, 0.15) is 10.4 Å². The van der Waals surface area contributed by atoms with E-state index in [9.17, 15) is 4.79 Å². The van der Waals surface area contributed by atoms with Crippen LogP contribution in [0.2, 0.25) is 0 Å². The quantitative estimate of drug-likeness (QED) is 0.627. The number of hydrogen-bond acceptors (Lipinski definition) is 1. The molecule has 0 aliphatic rings. The van der Waals surface area contributed by atoms with Gasteiger partial charge >= 0.3 is 0 Å². The Bertz CT molecular complexity index is 734. The van der Waals surface area contributed by atoms with Crippen molar-refractivity contribution >= 4 is 22.8 Å². The summed E-state index contributed by atoms with van der Waals surface area (Å²) >= 11 is 0. The van der Waals surface area contributed by atoms with Crippen LogP contribution in [0.15, 0.2) is 73.1 Å². The zero-order valence-corrected chi connectivity index (χ0v) is 10.4. The number of carbonyl (C=O) groups is 1. The van der Waals surface area contributed by atoms with E-state index in [1.165, 1.54) is 5.39 Å². The van der Waals surface area contributed by atoms with Crippen LogP contribution >= 0.6 is 0 Å². The topological polar surface area (TPSA) is 22.0 Å². The van der Waals surface area contributed by atoms with Gasteiger partial charge in [0.15, 0.2) is 0 Å². The third-order valence-corrected chi connectivity index (χ3v) is 3.09. The minimum Gasteiger partial charge on any atom is -0.291 e. The van der Waals surface area contributed by atoms with Gasteiger partial charge in [0.25, 0.3) is 5.91 Å². The molecule has 0 fully saturated rings. The van der Waals surface area contributed by atoms with E-state index in [1.807, 2.05) is 42.5 Å². The Balaban J connectivity index is 1.95. The molecule has 2 aromatic carbocycles. The van der Waals surface area contributed by atoms with Crippen molar-refractivity contribution in [2.75, 3.05) is 0 Å². The normalized spacial score (nSPS) is 11.2. The number of benzene rings is 2. The molecule has 92 valence electrons. The van der Waals surface area contributed by atoms with Crippen LogP contribution < -0.4 is 0 Å². The zero-order valence-electron chi connectivity index (χ0n) is 10.4. The molecule has 0 radical (unpaired) electrons. The van der Waals surface area contributed by atoms with Crippen molar-refractivity contribution in [2.24, 2.45) is 0 Å².